The summed E-state index contributed by atoms with van der Waals surface area (Å²) in [6.45, 7) is 14.7. The van der Waals surface area contributed by atoms with Crippen molar-refractivity contribution in [3.05, 3.63) is 0 Å². The zero-order chi connectivity index (χ0) is 11.9. The van der Waals surface area contributed by atoms with Crippen molar-refractivity contribution >= 4 is 11.8 Å². The van der Waals surface area contributed by atoms with Gasteiger partial charge in [-0.2, -0.15) is 0 Å². The average molecular weight is 229 g/mol. The lowest BCUT2D eigenvalue weighted by Crippen LogP contribution is -2.52. The summed E-state index contributed by atoms with van der Waals surface area (Å²) in [4.78, 5) is 0. The predicted octanol–water partition coefficient (Wildman–Crippen LogP) is 3.67. The summed E-state index contributed by atoms with van der Waals surface area (Å²) in [5, 5.41) is 0. The standard InChI is InChI=1S/C13H27NS/c1-11(2,3)10-7-13(8-10,9-14)15-12(4,5)6/h10H,7-9,14H2,1-6H3. The van der Waals surface area contributed by atoms with E-state index in [9.17, 15) is 0 Å². The molecule has 2 heteroatoms. The van der Waals surface area contributed by atoms with Crippen molar-refractivity contribution < 1.29 is 0 Å². The third-order valence-electron chi connectivity index (χ3n) is 3.36. The molecule has 0 aromatic carbocycles. The molecule has 15 heavy (non-hydrogen) atoms. The molecule has 1 saturated carbocycles. The minimum absolute atomic E-state index is 0.336. The molecule has 0 bridgehead atoms. The lowest BCUT2D eigenvalue weighted by atomic mass is 9.62. The maximum absolute atomic E-state index is 5.96. The molecule has 2 N–H and O–H groups in total. The van der Waals surface area contributed by atoms with Crippen molar-refractivity contribution in [3.8, 4) is 0 Å². The third kappa shape index (κ3) is 3.39. The van der Waals surface area contributed by atoms with Gasteiger partial charge >= 0.3 is 0 Å². The van der Waals surface area contributed by atoms with Gasteiger partial charge in [-0.05, 0) is 24.2 Å². The van der Waals surface area contributed by atoms with Gasteiger partial charge in [-0.3, -0.25) is 0 Å². The summed E-state index contributed by atoms with van der Waals surface area (Å²) in [6, 6.07) is 0. The van der Waals surface area contributed by atoms with E-state index in [1.807, 2.05) is 0 Å². The van der Waals surface area contributed by atoms with Gasteiger partial charge in [0, 0.05) is 16.0 Å². The van der Waals surface area contributed by atoms with Crippen molar-refractivity contribution in [2.24, 2.45) is 17.1 Å². The molecule has 1 rings (SSSR count). The fraction of sp³-hybridized carbons (Fsp3) is 1.00. The Morgan fingerprint density at radius 2 is 1.60 bits per heavy atom. The summed E-state index contributed by atoms with van der Waals surface area (Å²) in [5.74, 6) is 0.857. The first-order valence-electron chi connectivity index (χ1n) is 5.98. The molecular weight excluding hydrogens is 202 g/mol. The molecule has 0 unspecified atom stereocenters. The largest absolute Gasteiger partial charge is 0.329 e. The summed E-state index contributed by atoms with van der Waals surface area (Å²) in [6.07, 6.45) is 2.60. The lowest BCUT2D eigenvalue weighted by Gasteiger charge is -2.54. The van der Waals surface area contributed by atoms with Crippen LogP contribution in [0.15, 0.2) is 0 Å². The predicted molar refractivity (Wildman–Crippen MR) is 71.3 cm³/mol. The molecule has 0 saturated heterocycles. The minimum Gasteiger partial charge on any atom is -0.329 e. The molecular formula is C13H27NS. The van der Waals surface area contributed by atoms with Crippen LogP contribution in [0.5, 0.6) is 0 Å². The Bertz CT molecular complexity index is 216. The van der Waals surface area contributed by atoms with E-state index in [0.717, 1.165) is 12.5 Å². The van der Waals surface area contributed by atoms with Gasteiger partial charge < -0.3 is 5.73 Å². The molecule has 0 radical (unpaired) electrons. The van der Waals surface area contributed by atoms with Crippen LogP contribution in [-0.4, -0.2) is 16.0 Å². The van der Waals surface area contributed by atoms with Gasteiger partial charge in [0.2, 0.25) is 0 Å². The minimum atomic E-state index is 0.336. The van der Waals surface area contributed by atoms with E-state index < -0.39 is 0 Å². The Morgan fingerprint density at radius 1 is 1.13 bits per heavy atom. The molecule has 1 nitrogen and oxygen atoms in total. The highest BCUT2D eigenvalue weighted by molar-refractivity contribution is 8.02. The summed E-state index contributed by atoms with van der Waals surface area (Å²) >= 11 is 2.09. The molecule has 0 heterocycles. The van der Waals surface area contributed by atoms with Crippen molar-refractivity contribution in [2.45, 2.75) is 63.9 Å². The number of nitrogens with two attached hydrogens (primary N) is 1. The summed E-state index contributed by atoms with van der Waals surface area (Å²) in [5.41, 5.74) is 6.42. The maximum Gasteiger partial charge on any atom is 0.0293 e. The van der Waals surface area contributed by atoms with Gasteiger partial charge in [0.15, 0.2) is 0 Å². The molecule has 0 aromatic rings. The Hall–Kier alpha value is 0.310. The number of rotatable bonds is 2. The monoisotopic (exact) mass is 229 g/mol. The Labute approximate surface area is 99.6 Å². The van der Waals surface area contributed by atoms with Crippen LogP contribution in [0.2, 0.25) is 0 Å². The number of hydrogen-bond acceptors (Lipinski definition) is 2. The van der Waals surface area contributed by atoms with Gasteiger partial charge in [-0.1, -0.05) is 41.5 Å². The van der Waals surface area contributed by atoms with Crippen LogP contribution < -0.4 is 5.73 Å². The van der Waals surface area contributed by atoms with E-state index in [0.29, 0.717) is 14.9 Å². The van der Waals surface area contributed by atoms with Crippen molar-refractivity contribution in [1.29, 1.82) is 0 Å². The molecule has 1 aliphatic carbocycles. The average Bonchev–Trinajstić information content (AvgIpc) is 1.91. The topological polar surface area (TPSA) is 26.0 Å². The fourth-order valence-corrected chi connectivity index (χ4v) is 4.34. The summed E-state index contributed by atoms with van der Waals surface area (Å²) < 4.78 is 0.707. The Kier molecular flexibility index (Phi) is 3.53. The number of hydrogen-bond donors (Lipinski definition) is 1. The second kappa shape index (κ2) is 3.96. The zero-order valence-corrected chi connectivity index (χ0v) is 12.0. The third-order valence-corrected chi connectivity index (χ3v) is 4.90. The molecule has 1 aliphatic rings. The highest BCUT2D eigenvalue weighted by Crippen LogP contribution is 2.56. The second-order valence-electron chi connectivity index (χ2n) is 7.07. The molecule has 0 aromatic heterocycles. The van der Waals surface area contributed by atoms with E-state index in [-0.39, 0.29) is 0 Å². The number of thioether (sulfide) groups is 1. The second-order valence-corrected chi connectivity index (χ2v) is 9.37. The first-order chi connectivity index (χ1) is 6.58. The molecule has 0 spiro atoms. The van der Waals surface area contributed by atoms with Gasteiger partial charge in [-0.15, -0.1) is 11.8 Å². The van der Waals surface area contributed by atoms with E-state index in [2.05, 4.69) is 53.3 Å². The smallest absolute Gasteiger partial charge is 0.0293 e. The van der Waals surface area contributed by atoms with Crippen molar-refractivity contribution in [3.63, 3.8) is 0 Å². The van der Waals surface area contributed by atoms with E-state index >= 15 is 0 Å². The van der Waals surface area contributed by atoms with Gasteiger partial charge in [0.05, 0.1) is 0 Å². The van der Waals surface area contributed by atoms with Crippen molar-refractivity contribution in [1.82, 2.24) is 0 Å². The first-order valence-corrected chi connectivity index (χ1v) is 6.80. The van der Waals surface area contributed by atoms with Crippen LogP contribution in [0.1, 0.15) is 54.4 Å². The molecule has 1 fully saturated rings. The van der Waals surface area contributed by atoms with E-state index in [1.165, 1.54) is 12.8 Å². The van der Waals surface area contributed by atoms with Crippen LogP contribution in [0.3, 0.4) is 0 Å². The van der Waals surface area contributed by atoms with Crippen LogP contribution in [0.25, 0.3) is 0 Å². The van der Waals surface area contributed by atoms with Gasteiger partial charge in [0.25, 0.3) is 0 Å². The van der Waals surface area contributed by atoms with Crippen molar-refractivity contribution in [2.75, 3.05) is 6.54 Å². The Balaban J connectivity index is 2.56. The van der Waals surface area contributed by atoms with Crippen LogP contribution in [-0.2, 0) is 0 Å². The molecule has 0 amide bonds. The Morgan fingerprint density at radius 3 is 1.87 bits per heavy atom. The zero-order valence-electron chi connectivity index (χ0n) is 11.2. The fourth-order valence-electron chi connectivity index (χ4n) is 2.39. The summed E-state index contributed by atoms with van der Waals surface area (Å²) in [7, 11) is 0. The maximum atomic E-state index is 5.96. The molecule has 0 aliphatic heterocycles. The normalized spacial score (nSPS) is 32.6. The van der Waals surface area contributed by atoms with Gasteiger partial charge in [-0.25, -0.2) is 0 Å². The van der Waals surface area contributed by atoms with Gasteiger partial charge in [0.1, 0.15) is 0 Å². The van der Waals surface area contributed by atoms with E-state index in [4.69, 9.17) is 5.73 Å². The lowest BCUT2D eigenvalue weighted by molar-refractivity contribution is 0.101. The SMILES string of the molecule is CC(C)(C)SC1(CN)CC(C(C)(C)C)C1. The highest BCUT2D eigenvalue weighted by Gasteiger charge is 2.49. The molecule has 0 atom stereocenters. The van der Waals surface area contributed by atoms with Crippen LogP contribution in [0, 0.1) is 11.3 Å². The quantitative estimate of drug-likeness (QED) is 0.782. The highest BCUT2D eigenvalue weighted by atomic mass is 32.2. The van der Waals surface area contributed by atoms with Crippen LogP contribution in [0.4, 0.5) is 0 Å². The van der Waals surface area contributed by atoms with E-state index in [1.54, 1.807) is 0 Å². The van der Waals surface area contributed by atoms with Crippen LogP contribution >= 0.6 is 11.8 Å². The molecule has 90 valence electrons. The first kappa shape index (κ1) is 13.4.